The van der Waals surface area contributed by atoms with Gasteiger partial charge in [-0.2, -0.15) is 0 Å². The van der Waals surface area contributed by atoms with Gasteiger partial charge in [0.25, 0.3) is 0 Å². The van der Waals surface area contributed by atoms with Crippen molar-refractivity contribution in [1.82, 2.24) is 5.32 Å². The van der Waals surface area contributed by atoms with Crippen LogP contribution in [0.3, 0.4) is 0 Å². The molecule has 24 heavy (non-hydrogen) atoms. The number of carbonyl (C=O) groups excluding carboxylic acids is 2. The van der Waals surface area contributed by atoms with Crippen molar-refractivity contribution in [2.75, 3.05) is 23.3 Å². The fourth-order valence-corrected chi connectivity index (χ4v) is 3.19. The van der Waals surface area contributed by atoms with Gasteiger partial charge in [0.15, 0.2) is 0 Å². The third-order valence-corrected chi connectivity index (χ3v) is 4.66. The molecule has 0 saturated carbocycles. The van der Waals surface area contributed by atoms with Crippen LogP contribution in [0, 0.1) is 5.92 Å². The second-order valence-corrected chi connectivity index (χ2v) is 6.29. The fraction of sp³-hybridized carbons (Fsp3) is 0.471. The molecule has 0 radical (unpaired) electrons. The molecule has 2 amide bonds. The highest BCUT2D eigenvalue weighted by atomic mass is 16.4. The van der Waals surface area contributed by atoms with Crippen LogP contribution in [0.15, 0.2) is 24.3 Å². The van der Waals surface area contributed by atoms with Crippen molar-refractivity contribution in [3.63, 3.8) is 0 Å². The largest absolute Gasteiger partial charge is 0.481 e. The third-order valence-electron chi connectivity index (χ3n) is 4.66. The number of nitrogens with zero attached hydrogens (tertiary/aromatic N) is 1. The lowest BCUT2D eigenvalue weighted by Crippen LogP contribution is -2.47. The summed E-state index contributed by atoms with van der Waals surface area (Å²) in [6, 6.07) is 7.36. The third kappa shape index (κ3) is 3.67. The van der Waals surface area contributed by atoms with Crippen molar-refractivity contribution in [2.45, 2.75) is 31.7 Å². The fourth-order valence-electron chi connectivity index (χ4n) is 3.19. The topological polar surface area (TPSA) is 98.7 Å². The number of benzene rings is 1. The van der Waals surface area contributed by atoms with Gasteiger partial charge >= 0.3 is 5.97 Å². The molecule has 7 heteroatoms. The number of hydrogen-bond donors (Lipinski definition) is 3. The predicted molar refractivity (Wildman–Crippen MR) is 88.8 cm³/mol. The van der Waals surface area contributed by atoms with Crippen molar-refractivity contribution in [2.24, 2.45) is 5.92 Å². The number of aliphatic carboxylic acids is 1. The molecule has 2 fully saturated rings. The number of carboxylic acid groups (broad SMARTS) is 1. The maximum atomic E-state index is 11.8. The highest BCUT2D eigenvalue weighted by Crippen LogP contribution is 2.25. The van der Waals surface area contributed by atoms with E-state index in [-0.39, 0.29) is 23.8 Å². The number of carboxylic acids is 1. The Kier molecular flexibility index (Phi) is 4.69. The average molecular weight is 331 g/mol. The van der Waals surface area contributed by atoms with Gasteiger partial charge in [0, 0.05) is 30.9 Å². The van der Waals surface area contributed by atoms with Crippen LogP contribution in [0.2, 0.25) is 0 Å². The van der Waals surface area contributed by atoms with Crippen molar-refractivity contribution < 1.29 is 19.5 Å². The molecular formula is C17H21N3O4. The lowest BCUT2D eigenvalue weighted by molar-refractivity contribution is -0.142. The maximum Gasteiger partial charge on any atom is 0.306 e. The molecule has 0 aliphatic carbocycles. The van der Waals surface area contributed by atoms with Crippen molar-refractivity contribution >= 4 is 29.2 Å². The SMILES string of the molecule is O=C1CCC(Nc2ccc(N3CCC(C(=O)O)CC3)cc2)C(=O)N1. The summed E-state index contributed by atoms with van der Waals surface area (Å²) in [4.78, 5) is 36.1. The number of amides is 2. The molecule has 3 N–H and O–H groups in total. The molecule has 2 aliphatic rings. The Morgan fingerprint density at radius 3 is 2.38 bits per heavy atom. The Labute approximate surface area is 140 Å². The van der Waals surface area contributed by atoms with Gasteiger partial charge in [0.05, 0.1) is 5.92 Å². The van der Waals surface area contributed by atoms with Gasteiger partial charge in [-0.05, 0) is 43.5 Å². The number of imide groups is 1. The molecular weight excluding hydrogens is 310 g/mol. The highest BCUT2D eigenvalue weighted by Gasteiger charge is 2.27. The van der Waals surface area contributed by atoms with Crippen LogP contribution in [0.5, 0.6) is 0 Å². The summed E-state index contributed by atoms with van der Waals surface area (Å²) in [7, 11) is 0. The summed E-state index contributed by atoms with van der Waals surface area (Å²) in [5.41, 5.74) is 1.88. The molecule has 2 saturated heterocycles. The Hall–Kier alpha value is -2.57. The minimum atomic E-state index is -0.710. The van der Waals surface area contributed by atoms with Crippen LogP contribution in [-0.4, -0.2) is 42.0 Å². The molecule has 0 spiro atoms. The second-order valence-electron chi connectivity index (χ2n) is 6.29. The summed E-state index contributed by atoms with van der Waals surface area (Å²) in [6.45, 7) is 1.47. The van der Waals surface area contributed by atoms with E-state index in [1.54, 1.807) is 0 Å². The molecule has 2 aliphatic heterocycles. The zero-order chi connectivity index (χ0) is 17.1. The molecule has 128 valence electrons. The van der Waals surface area contributed by atoms with E-state index in [1.807, 2.05) is 24.3 Å². The van der Waals surface area contributed by atoms with E-state index in [0.29, 0.717) is 25.7 Å². The average Bonchev–Trinajstić information content (AvgIpc) is 2.58. The van der Waals surface area contributed by atoms with E-state index in [9.17, 15) is 14.4 Å². The summed E-state index contributed by atoms with van der Waals surface area (Å²) in [5, 5.41) is 14.5. The first kappa shape index (κ1) is 16.3. The van der Waals surface area contributed by atoms with E-state index in [1.165, 1.54) is 0 Å². The van der Waals surface area contributed by atoms with Crippen molar-refractivity contribution in [3.05, 3.63) is 24.3 Å². The van der Waals surface area contributed by atoms with Crippen LogP contribution in [0.4, 0.5) is 11.4 Å². The summed E-state index contributed by atoms with van der Waals surface area (Å²) >= 11 is 0. The minimum absolute atomic E-state index is 0.224. The normalized spacial score (nSPS) is 22.2. The molecule has 3 rings (SSSR count). The van der Waals surface area contributed by atoms with Gasteiger partial charge in [0.1, 0.15) is 6.04 Å². The zero-order valence-electron chi connectivity index (χ0n) is 13.3. The number of carbonyl (C=O) groups is 3. The monoisotopic (exact) mass is 331 g/mol. The first-order chi connectivity index (χ1) is 11.5. The van der Waals surface area contributed by atoms with Crippen molar-refractivity contribution in [1.29, 1.82) is 0 Å². The Balaban J connectivity index is 1.57. The predicted octanol–water partition coefficient (Wildman–Crippen LogP) is 1.20. The van der Waals surface area contributed by atoms with E-state index < -0.39 is 5.97 Å². The van der Waals surface area contributed by atoms with E-state index in [4.69, 9.17) is 5.11 Å². The molecule has 1 atom stereocenters. The van der Waals surface area contributed by atoms with E-state index in [2.05, 4.69) is 15.5 Å². The maximum absolute atomic E-state index is 11.8. The summed E-state index contributed by atoms with van der Waals surface area (Å²) < 4.78 is 0. The standard InChI is InChI=1S/C17H21N3O4/c21-15-6-5-14(16(22)19-15)18-12-1-3-13(4-2-12)20-9-7-11(8-10-20)17(23)24/h1-4,11,14,18H,5-10H2,(H,23,24)(H,19,21,22). The molecule has 1 unspecified atom stereocenters. The minimum Gasteiger partial charge on any atom is -0.481 e. The van der Waals surface area contributed by atoms with Crippen LogP contribution >= 0.6 is 0 Å². The first-order valence-electron chi connectivity index (χ1n) is 8.21. The molecule has 2 heterocycles. The second kappa shape index (κ2) is 6.90. The summed E-state index contributed by atoms with van der Waals surface area (Å²) in [5.74, 6) is -1.46. The Morgan fingerprint density at radius 2 is 1.79 bits per heavy atom. The van der Waals surface area contributed by atoms with Crippen LogP contribution in [-0.2, 0) is 14.4 Å². The Bertz CT molecular complexity index is 636. The Morgan fingerprint density at radius 1 is 1.12 bits per heavy atom. The number of hydrogen-bond acceptors (Lipinski definition) is 5. The van der Waals surface area contributed by atoms with Gasteiger partial charge in [-0.15, -0.1) is 0 Å². The number of rotatable bonds is 4. The molecule has 1 aromatic rings. The molecule has 7 nitrogen and oxygen atoms in total. The van der Waals surface area contributed by atoms with Crippen LogP contribution in [0.1, 0.15) is 25.7 Å². The van der Waals surface area contributed by atoms with Crippen LogP contribution < -0.4 is 15.5 Å². The smallest absolute Gasteiger partial charge is 0.306 e. The van der Waals surface area contributed by atoms with Gasteiger partial charge in [0.2, 0.25) is 11.8 Å². The number of piperidine rings is 2. The zero-order valence-corrected chi connectivity index (χ0v) is 13.3. The number of nitrogens with one attached hydrogen (secondary N) is 2. The summed E-state index contributed by atoms with van der Waals surface area (Å²) in [6.07, 6.45) is 2.16. The van der Waals surface area contributed by atoms with E-state index >= 15 is 0 Å². The van der Waals surface area contributed by atoms with Crippen molar-refractivity contribution in [3.8, 4) is 0 Å². The lowest BCUT2D eigenvalue weighted by atomic mass is 9.97. The van der Waals surface area contributed by atoms with E-state index in [0.717, 1.165) is 24.5 Å². The van der Waals surface area contributed by atoms with Gasteiger partial charge in [-0.1, -0.05) is 0 Å². The quantitative estimate of drug-likeness (QED) is 0.717. The van der Waals surface area contributed by atoms with Crippen LogP contribution in [0.25, 0.3) is 0 Å². The van der Waals surface area contributed by atoms with Gasteiger partial charge in [-0.3, -0.25) is 19.7 Å². The number of anilines is 2. The lowest BCUT2D eigenvalue weighted by Gasteiger charge is -2.32. The molecule has 0 bridgehead atoms. The van der Waals surface area contributed by atoms with Gasteiger partial charge in [-0.25, -0.2) is 0 Å². The molecule has 0 aromatic heterocycles. The first-order valence-corrected chi connectivity index (χ1v) is 8.21. The van der Waals surface area contributed by atoms with Gasteiger partial charge < -0.3 is 15.3 Å². The highest BCUT2D eigenvalue weighted by molar-refractivity contribution is 6.01. The molecule has 1 aromatic carbocycles.